The zero-order chi connectivity index (χ0) is 20.0. The van der Waals surface area contributed by atoms with Crippen LogP contribution in [0.25, 0.3) is 0 Å². The Morgan fingerprint density at radius 3 is 2.85 bits per heavy atom. The van der Waals surface area contributed by atoms with Crippen LogP contribution in [0.4, 0.5) is 4.79 Å². The van der Waals surface area contributed by atoms with Crippen LogP contribution in [0.5, 0.6) is 0 Å². The SMILES string of the molecule is CN=C(NCCN(C)C(=O)OC(C)(C)C)N1CCOC(c2cnn(C)c2)C1. The number of aromatic nitrogens is 2. The second kappa shape index (κ2) is 9.07. The minimum absolute atomic E-state index is 0.0320. The van der Waals surface area contributed by atoms with Crippen molar-refractivity contribution >= 4 is 12.1 Å². The van der Waals surface area contributed by atoms with E-state index in [-0.39, 0.29) is 12.2 Å². The number of carbonyl (C=O) groups excluding carboxylic acids is 1. The molecule has 1 atom stereocenters. The maximum atomic E-state index is 12.0. The lowest BCUT2D eigenvalue weighted by Crippen LogP contribution is -2.49. The van der Waals surface area contributed by atoms with Crippen molar-refractivity contribution in [2.45, 2.75) is 32.5 Å². The second-order valence-electron chi connectivity index (χ2n) is 7.63. The number of rotatable bonds is 4. The molecule has 0 saturated carbocycles. The number of amides is 1. The summed E-state index contributed by atoms with van der Waals surface area (Å²) in [6, 6.07) is 0. The van der Waals surface area contributed by atoms with Gasteiger partial charge in [-0.15, -0.1) is 0 Å². The summed E-state index contributed by atoms with van der Waals surface area (Å²) >= 11 is 0. The molecule has 1 aromatic rings. The van der Waals surface area contributed by atoms with Gasteiger partial charge in [-0.2, -0.15) is 5.10 Å². The maximum Gasteiger partial charge on any atom is 0.410 e. The topological polar surface area (TPSA) is 84.2 Å². The Hall–Kier alpha value is -2.29. The summed E-state index contributed by atoms with van der Waals surface area (Å²) in [5, 5.41) is 7.53. The van der Waals surface area contributed by atoms with Gasteiger partial charge in [0, 0.05) is 52.5 Å². The summed E-state index contributed by atoms with van der Waals surface area (Å²) in [5.74, 6) is 0.796. The maximum absolute atomic E-state index is 12.0. The molecule has 2 rings (SSSR count). The monoisotopic (exact) mass is 380 g/mol. The number of guanidine groups is 1. The van der Waals surface area contributed by atoms with E-state index in [1.807, 2.05) is 40.2 Å². The van der Waals surface area contributed by atoms with Gasteiger partial charge >= 0.3 is 6.09 Å². The molecule has 9 nitrogen and oxygen atoms in total. The van der Waals surface area contributed by atoms with Gasteiger partial charge in [0.05, 0.1) is 19.3 Å². The summed E-state index contributed by atoms with van der Waals surface area (Å²) in [4.78, 5) is 20.1. The molecule has 1 N–H and O–H groups in total. The molecule has 27 heavy (non-hydrogen) atoms. The second-order valence-corrected chi connectivity index (χ2v) is 7.63. The quantitative estimate of drug-likeness (QED) is 0.625. The molecule has 2 heterocycles. The Labute approximate surface area is 161 Å². The molecule has 1 aliphatic heterocycles. The van der Waals surface area contributed by atoms with Crippen LogP contribution in [-0.4, -0.2) is 84.1 Å². The molecule has 0 radical (unpaired) electrons. The van der Waals surface area contributed by atoms with Crippen molar-refractivity contribution in [2.24, 2.45) is 12.0 Å². The van der Waals surface area contributed by atoms with E-state index >= 15 is 0 Å². The van der Waals surface area contributed by atoms with Crippen molar-refractivity contribution < 1.29 is 14.3 Å². The highest BCUT2D eigenvalue weighted by Crippen LogP contribution is 2.21. The first kappa shape index (κ1) is 21.0. The van der Waals surface area contributed by atoms with E-state index in [1.54, 1.807) is 23.7 Å². The number of nitrogens with zero attached hydrogens (tertiary/aromatic N) is 5. The van der Waals surface area contributed by atoms with Crippen LogP contribution in [0, 0.1) is 0 Å². The first-order valence-corrected chi connectivity index (χ1v) is 9.19. The first-order valence-electron chi connectivity index (χ1n) is 9.19. The summed E-state index contributed by atoms with van der Waals surface area (Å²) < 4.78 is 13.0. The highest BCUT2D eigenvalue weighted by Gasteiger charge is 2.25. The van der Waals surface area contributed by atoms with Gasteiger partial charge in [0.25, 0.3) is 0 Å². The standard InChI is InChI=1S/C18H32N6O3/c1-18(2,3)27-17(25)22(5)8-7-20-16(19-4)24-9-10-26-15(13-24)14-11-21-23(6)12-14/h11-12,15H,7-10,13H2,1-6H3,(H,19,20). The zero-order valence-corrected chi connectivity index (χ0v) is 17.2. The molecule has 1 aromatic heterocycles. The Balaban J connectivity index is 1.83. The lowest BCUT2D eigenvalue weighted by molar-refractivity contribution is -0.00805. The number of carbonyl (C=O) groups is 1. The molecule has 0 aromatic carbocycles. The van der Waals surface area contributed by atoms with E-state index < -0.39 is 5.60 Å². The van der Waals surface area contributed by atoms with Crippen molar-refractivity contribution in [1.82, 2.24) is 24.9 Å². The smallest absolute Gasteiger partial charge is 0.410 e. The third-order valence-electron chi connectivity index (χ3n) is 4.11. The largest absolute Gasteiger partial charge is 0.444 e. The first-order chi connectivity index (χ1) is 12.7. The van der Waals surface area contributed by atoms with Crippen LogP contribution in [0.2, 0.25) is 0 Å². The van der Waals surface area contributed by atoms with Gasteiger partial charge in [0.1, 0.15) is 11.7 Å². The number of nitrogens with one attached hydrogen (secondary N) is 1. The zero-order valence-electron chi connectivity index (χ0n) is 17.2. The van der Waals surface area contributed by atoms with Crippen LogP contribution in [0.15, 0.2) is 17.4 Å². The van der Waals surface area contributed by atoms with Crippen molar-refractivity contribution in [3.63, 3.8) is 0 Å². The minimum Gasteiger partial charge on any atom is -0.444 e. The van der Waals surface area contributed by atoms with E-state index in [2.05, 4.69) is 20.3 Å². The van der Waals surface area contributed by atoms with Crippen LogP contribution in [0.3, 0.4) is 0 Å². The molecule has 1 amide bonds. The van der Waals surface area contributed by atoms with Crippen molar-refractivity contribution in [3.8, 4) is 0 Å². The lowest BCUT2D eigenvalue weighted by Gasteiger charge is -2.35. The number of aryl methyl sites for hydroxylation is 1. The van der Waals surface area contributed by atoms with Crippen LogP contribution < -0.4 is 5.32 Å². The summed E-state index contributed by atoms with van der Waals surface area (Å²) in [6.45, 7) is 8.76. The van der Waals surface area contributed by atoms with E-state index in [4.69, 9.17) is 9.47 Å². The number of likely N-dealkylation sites (N-methyl/N-ethyl adjacent to an activating group) is 1. The Bertz CT molecular complexity index is 652. The van der Waals surface area contributed by atoms with Crippen LogP contribution in [-0.2, 0) is 16.5 Å². The van der Waals surface area contributed by atoms with E-state index in [0.717, 1.165) is 18.1 Å². The average molecular weight is 380 g/mol. The van der Waals surface area contributed by atoms with Crippen LogP contribution >= 0.6 is 0 Å². The fraction of sp³-hybridized carbons (Fsp3) is 0.722. The summed E-state index contributed by atoms with van der Waals surface area (Å²) in [7, 11) is 5.38. The van der Waals surface area contributed by atoms with Crippen molar-refractivity contribution in [2.75, 3.05) is 46.9 Å². The molecule has 0 bridgehead atoms. The van der Waals surface area contributed by atoms with E-state index in [1.165, 1.54) is 0 Å². The third-order valence-corrected chi connectivity index (χ3v) is 4.11. The predicted octanol–water partition coefficient (Wildman–Crippen LogP) is 1.24. The molecule has 0 aliphatic carbocycles. The van der Waals surface area contributed by atoms with Gasteiger partial charge in [-0.1, -0.05) is 0 Å². The Morgan fingerprint density at radius 2 is 2.26 bits per heavy atom. The van der Waals surface area contributed by atoms with Crippen molar-refractivity contribution in [1.29, 1.82) is 0 Å². The van der Waals surface area contributed by atoms with Crippen molar-refractivity contribution in [3.05, 3.63) is 18.0 Å². The molecule has 9 heteroatoms. The lowest BCUT2D eigenvalue weighted by atomic mass is 10.1. The molecule has 1 saturated heterocycles. The van der Waals surface area contributed by atoms with E-state index in [0.29, 0.717) is 26.2 Å². The number of morpholine rings is 1. The highest BCUT2D eigenvalue weighted by atomic mass is 16.6. The van der Waals surface area contributed by atoms with E-state index in [9.17, 15) is 4.79 Å². The van der Waals surface area contributed by atoms with Gasteiger partial charge in [0.15, 0.2) is 5.96 Å². The minimum atomic E-state index is -0.496. The Kier molecular flexibility index (Phi) is 7.06. The Morgan fingerprint density at radius 1 is 1.52 bits per heavy atom. The fourth-order valence-electron chi connectivity index (χ4n) is 2.75. The highest BCUT2D eigenvalue weighted by molar-refractivity contribution is 5.80. The number of aliphatic imine (C=N–C) groups is 1. The van der Waals surface area contributed by atoms with Gasteiger partial charge in [-0.05, 0) is 20.8 Å². The van der Waals surface area contributed by atoms with Gasteiger partial charge in [0.2, 0.25) is 0 Å². The van der Waals surface area contributed by atoms with Crippen LogP contribution in [0.1, 0.15) is 32.4 Å². The molecular weight excluding hydrogens is 348 g/mol. The number of ether oxygens (including phenoxy) is 2. The van der Waals surface area contributed by atoms with Gasteiger partial charge in [-0.25, -0.2) is 4.79 Å². The number of hydrogen-bond donors (Lipinski definition) is 1. The molecule has 152 valence electrons. The molecule has 1 unspecified atom stereocenters. The average Bonchev–Trinajstić information content (AvgIpc) is 3.03. The molecule has 1 fully saturated rings. The summed E-state index contributed by atoms with van der Waals surface area (Å²) in [5.41, 5.74) is 0.562. The fourth-order valence-corrected chi connectivity index (χ4v) is 2.75. The third kappa shape index (κ3) is 6.42. The molecule has 1 aliphatic rings. The predicted molar refractivity (Wildman–Crippen MR) is 104 cm³/mol. The molecule has 0 spiro atoms. The normalized spacial score (nSPS) is 18.4. The van der Waals surface area contributed by atoms with Gasteiger partial charge in [-0.3, -0.25) is 9.67 Å². The molecular formula is C18H32N6O3. The summed E-state index contributed by atoms with van der Waals surface area (Å²) in [6.07, 6.45) is 3.44. The number of hydrogen-bond acceptors (Lipinski definition) is 5. The van der Waals surface area contributed by atoms with Gasteiger partial charge < -0.3 is 24.6 Å².